The average molecular weight is 310 g/mol. The van der Waals surface area contributed by atoms with E-state index >= 15 is 0 Å². The van der Waals surface area contributed by atoms with Crippen molar-refractivity contribution in [2.45, 2.75) is 50.5 Å². The van der Waals surface area contributed by atoms with Gasteiger partial charge in [0.15, 0.2) is 5.69 Å². The Labute approximate surface area is 136 Å². The van der Waals surface area contributed by atoms with Gasteiger partial charge in [-0.1, -0.05) is 35.5 Å². The van der Waals surface area contributed by atoms with Crippen LogP contribution in [0.3, 0.4) is 0 Å². The predicted octanol–water partition coefficient (Wildman–Crippen LogP) is 3.79. The van der Waals surface area contributed by atoms with Gasteiger partial charge in [-0.3, -0.25) is 4.79 Å². The summed E-state index contributed by atoms with van der Waals surface area (Å²) in [5, 5.41) is 4.03. The first kappa shape index (κ1) is 14.5. The molecular weight excluding hydrogens is 288 g/mol. The highest BCUT2D eigenvalue weighted by atomic mass is 16.5. The van der Waals surface area contributed by atoms with Gasteiger partial charge in [-0.15, -0.1) is 0 Å². The van der Waals surface area contributed by atoms with E-state index < -0.39 is 0 Å². The molecule has 2 aliphatic rings. The smallest absolute Gasteiger partial charge is 0.276 e. The number of aromatic nitrogens is 1. The van der Waals surface area contributed by atoms with Crippen LogP contribution in [-0.2, 0) is 6.42 Å². The van der Waals surface area contributed by atoms with E-state index in [0.29, 0.717) is 11.6 Å². The number of nitrogens with zero attached hydrogens (tertiary/aromatic N) is 2. The van der Waals surface area contributed by atoms with Crippen LogP contribution in [0.1, 0.15) is 59.8 Å². The molecule has 1 saturated carbocycles. The molecule has 1 aromatic carbocycles. The first-order valence-electron chi connectivity index (χ1n) is 8.63. The van der Waals surface area contributed by atoms with Crippen molar-refractivity contribution < 1.29 is 9.32 Å². The Hall–Kier alpha value is -2.10. The standard InChI is InChI=1S/C19H22N2O2/c22-19(17-13-18(23-20-17)15-9-10-15)21-11-5-4-8-16(21)12-14-6-2-1-3-7-14/h1-3,6-7,13,15-16H,4-5,8-12H2. The highest BCUT2D eigenvalue weighted by Gasteiger charge is 2.32. The Morgan fingerprint density at radius 2 is 2.00 bits per heavy atom. The highest BCUT2D eigenvalue weighted by Crippen LogP contribution is 2.40. The Morgan fingerprint density at radius 3 is 2.78 bits per heavy atom. The molecule has 2 heterocycles. The number of carbonyl (C=O) groups excluding carboxylic acids is 1. The molecule has 4 heteroatoms. The number of benzene rings is 1. The lowest BCUT2D eigenvalue weighted by atomic mass is 9.95. The van der Waals surface area contributed by atoms with Gasteiger partial charge in [0.05, 0.1) is 0 Å². The maximum Gasteiger partial charge on any atom is 0.276 e. The maximum atomic E-state index is 12.9. The van der Waals surface area contributed by atoms with E-state index in [9.17, 15) is 4.79 Å². The van der Waals surface area contributed by atoms with Gasteiger partial charge in [-0.2, -0.15) is 0 Å². The van der Waals surface area contributed by atoms with E-state index in [4.69, 9.17) is 4.52 Å². The molecule has 1 aliphatic heterocycles. The summed E-state index contributed by atoms with van der Waals surface area (Å²) in [5.74, 6) is 1.40. The third-order valence-corrected chi connectivity index (χ3v) is 4.93. The van der Waals surface area contributed by atoms with Gasteiger partial charge in [0, 0.05) is 24.6 Å². The van der Waals surface area contributed by atoms with Gasteiger partial charge >= 0.3 is 0 Å². The zero-order chi connectivity index (χ0) is 15.6. The molecule has 1 aliphatic carbocycles. The van der Waals surface area contributed by atoms with Crippen molar-refractivity contribution in [3.05, 3.63) is 53.4 Å². The van der Waals surface area contributed by atoms with Crippen molar-refractivity contribution in [2.75, 3.05) is 6.54 Å². The number of rotatable bonds is 4. The number of carbonyl (C=O) groups is 1. The molecule has 1 amide bonds. The van der Waals surface area contributed by atoms with E-state index in [1.165, 1.54) is 12.0 Å². The van der Waals surface area contributed by atoms with Crippen LogP contribution in [0.15, 0.2) is 40.9 Å². The molecule has 1 unspecified atom stereocenters. The van der Waals surface area contributed by atoms with Crippen LogP contribution in [-0.4, -0.2) is 28.6 Å². The molecular formula is C19H22N2O2. The summed E-state index contributed by atoms with van der Waals surface area (Å²) in [7, 11) is 0. The van der Waals surface area contributed by atoms with Crippen molar-refractivity contribution in [2.24, 2.45) is 0 Å². The minimum Gasteiger partial charge on any atom is -0.360 e. The van der Waals surface area contributed by atoms with E-state index in [2.05, 4.69) is 29.4 Å². The van der Waals surface area contributed by atoms with Crippen molar-refractivity contribution in [1.82, 2.24) is 10.1 Å². The van der Waals surface area contributed by atoms with Gasteiger partial charge in [0.25, 0.3) is 5.91 Å². The highest BCUT2D eigenvalue weighted by molar-refractivity contribution is 5.92. The fraction of sp³-hybridized carbons (Fsp3) is 0.474. The largest absolute Gasteiger partial charge is 0.360 e. The quantitative estimate of drug-likeness (QED) is 0.863. The number of amides is 1. The summed E-state index contributed by atoms with van der Waals surface area (Å²) in [6.07, 6.45) is 6.55. The lowest BCUT2D eigenvalue weighted by molar-refractivity contribution is 0.0603. The Morgan fingerprint density at radius 1 is 1.17 bits per heavy atom. The summed E-state index contributed by atoms with van der Waals surface area (Å²) >= 11 is 0. The SMILES string of the molecule is O=C(c1cc(C2CC2)on1)N1CCCCC1Cc1ccccc1. The van der Waals surface area contributed by atoms with Crippen molar-refractivity contribution in [3.8, 4) is 0 Å². The van der Waals surface area contributed by atoms with Crippen LogP contribution in [0.4, 0.5) is 0 Å². The molecule has 1 atom stereocenters. The molecule has 0 radical (unpaired) electrons. The molecule has 2 aromatic rings. The van der Waals surface area contributed by atoms with Crippen LogP contribution in [0, 0.1) is 0 Å². The van der Waals surface area contributed by atoms with Crippen molar-refractivity contribution in [3.63, 3.8) is 0 Å². The monoisotopic (exact) mass is 310 g/mol. The first-order valence-corrected chi connectivity index (χ1v) is 8.63. The van der Waals surface area contributed by atoms with Gasteiger partial charge in [0.2, 0.25) is 0 Å². The number of piperidine rings is 1. The third-order valence-electron chi connectivity index (χ3n) is 4.93. The van der Waals surface area contributed by atoms with Gasteiger partial charge in [-0.05, 0) is 44.1 Å². The molecule has 2 fully saturated rings. The lowest BCUT2D eigenvalue weighted by Crippen LogP contribution is -2.45. The molecule has 120 valence electrons. The Balaban J connectivity index is 1.50. The van der Waals surface area contributed by atoms with Gasteiger partial charge in [0.1, 0.15) is 5.76 Å². The zero-order valence-corrected chi connectivity index (χ0v) is 13.3. The molecule has 23 heavy (non-hydrogen) atoms. The second-order valence-corrected chi connectivity index (χ2v) is 6.73. The normalized spacial score (nSPS) is 21.4. The summed E-state index contributed by atoms with van der Waals surface area (Å²) in [6.45, 7) is 0.821. The number of hydrogen-bond donors (Lipinski definition) is 0. The fourth-order valence-electron chi connectivity index (χ4n) is 3.46. The molecule has 4 rings (SSSR count). The van der Waals surface area contributed by atoms with Gasteiger partial charge in [-0.25, -0.2) is 0 Å². The van der Waals surface area contributed by atoms with Crippen LogP contribution in [0.2, 0.25) is 0 Å². The van der Waals surface area contributed by atoms with Crippen LogP contribution >= 0.6 is 0 Å². The molecule has 0 N–H and O–H groups in total. The van der Waals surface area contributed by atoms with Gasteiger partial charge < -0.3 is 9.42 Å². The molecule has 0 spiro atoms. The zero-order valence-electron chi connectivity index (χ0n) is 13.3. The topological polar surface area (TPSA) is 46.3 Å². The molecule has 1 saturated heterocycles. The summed E-state index contributed by atoms with van der Waals surface area (Å²) in [4.78, 5) is 14.9. The van der Waals surface area contributed by atoms with Crippen LogP contribution in [0.25, 0.3) is 0 Å². The number of likely N-dealkylation sites (tertiary alicyclic amines) is 1. The minimum atomic E-state index is 0.0290. The second kappa shape index (κ2) is 6.19. The van der Waals surface area contributed by atoms with Crippen molar-refractivity contribution in [1.29, 1.82) is 0 Å². The van der Waals surface area contributed by atoms with E-state index in [1.54, 1.807) is 0 Å². The van der Waals surface area contributed by atoms with Crippen molar-refractivity contribution >= 4 is 5.91 Å². The number of hydrogen-bond acceptors (Lipinski definition) is 3. The van der Waals surface area contributed by atoms with E-state index in [1.807, 2.05) is 17.0 Å². The summed E-state index contributed by atoms with van der Waals surface area (Å²) < 4.78 is 5.36. The van der Waals surface area contributed by atoms with Crippen LogP contribution in [0.5, 0.6) is 0 Å². The minimum absolute atomic E-state index is 0.0290. The molecule has 0 bridgehead atoms. The maximum absolute atomic E-state index is 12.9. The van der Waals surface area contributed by atoms with E-state index in [-0.39, 0.29) is 11.9 Å². The summed E-state index contributed by atoms with van der Waals surface area (Å²) in [5.41, 5.74) is 1.77. The Kier molecular flexibility index (Phi) is 3.90. The lowest BCUT2D eigenvalue weighted by Gasteiger charge is -2.35. The first-order chi connectivity index (χ1) is 11.3. The molecule has 4 nitrogen and oxygen atoms in total. The summed E-state index contributed by atoms with van der Waals surface area (Å²) in [6, 6.07) is 12.5. The second-order valence-electron chi connectivity index (χ2n) is 6.73. The molecule has 1 aromatic heterocycles. The Bertz CT molecular complexity index is 676. The third kappa shape index (κ3) is 3.16. The fourth-order valence-corrected chi connectivity index (χ4v) is 3.46. The predicted molar refractivity (Wildman–Crippen MR) is 87.3 cm³/mol. The average Bonchev–Trinajstić information content (AvgIpc) is 3.33. The van der Waals surface area contributed by atoms with E-state index in [0.717, 1.165) is 44.4 Å². The van der Waals surface area contributed by atoms with Crippen LogP contribution < -0.4 is 0 Å².